The Morgan fingerprint density at radius 2 is 2.25 bits per heavy atom. The first-order valence-electron chi connectivity index (χ1n) is 1.84. The van der Waals surface area contributed by atoms with Gasteiger partial charge in [-0.3, -0.25) is 0 Å². The summed E-state index contributed by atoms with van der Waals surface area (Å²) in [6.45, 7) is 0. The molecule has 1 unspecified atom stereocenters. The topological polar surface area (TPSA) is 46.5 Å². The van der Waals surface area contributed by atoms with Gasteiger partial charge in [0.15, 0.2) is 0 Å². The van der Waals surface area contributed by atoms with E-state index < -0.39 is 18.9 Å². The van der Waals surface area contributed by atoms with E-state index in [2.05, 4.69) is 4.40 Å². The highest BCUT2D eigenvalue weighted by molar-refractivity contribution is 8.34. The molecule has 0 spiro atoms. The van der Waals surface area contributed by atoms with E-state index in [0.717, 1.165) is 0 Å². The SMILES string of the molecule is O=S(=O)=S1C=CC=N1. The summed E-state index contributed by atoms with van der Waals surface area (Å²) in [5.74, 6) is 0. The minimum Gasteiger partial charge on any atom is -0.213 e. The molecule has 8 heavy (non-hydrogen) atoms. The Balaban J connectivity index is 3.29. The molecule has 0 aromatic carbocycles. The molecule has 0 fully saturated rings. The summed E-state index contributed by atoms with van der Waals surface area (Å²) in [5, 5.41) is 1.54. The average Bonchev–Trinajstić information content (AvgIpc) is 2.12. The van der Waals surface area contributed by atoms with Crippen LogP contribution < -0.4 is 0 Å². The minimum absolute atomic E-state index is 0.873. The van der Waals surface area contributed by atoms with Gasteiger partial charge in [-0.1, -0.05) is 0 Å². The van der Waals surface area contributed by atoms with Crippen LogP contribution in [0.15, 0.2) is 15.9 Å². The smallest absolute Gasteiger partial charge is 0.213 e. The molecule has 1 rings (SSSR count). The molecule has 0 aromatic rings. The van der Waals surface area contributed by atoms with Gasteiger partial charge in [0, 0.05) is 11.6 Å². The second-order valence-corrected chi connectivity index (χ2v) is 4.35. The molecular formula is C3H3NO2S2. The van der Waals surface area contributed by atoms with Crippen molar-refractivity contribution in [3.63, 3.8) is 0 Å². The second kappa shape index (κ2) is 2.23. The third kappa shape index (κ3) is 1.05. The van der Waals surface area contributed by atoms with E-state index in [0.29, 0.717) is 0 Å². The standard InChI is InChI=1S/C3H3NO2S2/c5-8(6)7-3-1-2-4-7/h1-3H. The Hall–Kier alpha value is -0.420. The summed E-state index contributed by atoms with van der Waals surface area (Å²) in [6, 6.07) is 0. The highest BCUT2D eigenvalue weighted by atomic mass is 32.9. The van der Waals surface area contributed by atoms with Crippen LogP contribution in [0.2, 0.25) is 0 Å². The average molecular weight is 149 g/mol. The number of nitrogens with zero attached hydrogens (tertiary/aromatic N) is 1. The summed E-state index contributed by atoms with van der Waals surface area (Å²) in [5.41, 5.74) is 0. The monoisotopic (exact) mass is 149 g/mol. The maximum absolute atomic E-state index is 10.0. The van der Waals surface area contributed by atoms with Crippen LogP contribution in [0.3, 0.4) is 0 Å². The van der Waals surface area contributed by atoms with Crippen LogP contribution in [0.1, 0.15) is 0 Å². The summed E-state index contributed by atoms with van der Waals surface area (Å²) in [7, 11) is -2.92. The van der Waals surface area contributed by atoms with Gasteiger partial charge in [-0.15, -0.1) is 0 Å². The first-order chi connectivity index (χ1) is 3.80. The Morgan fingerprint density at radius 1 is 1.50 bits per heavy atom. The van der Waals surface area contributed by atoms with Crippen molar-refractivity contribution < 1.29 is 8.42 Å². The largest absolute Gasteiger partial charge is 0.265 e. The van der Waals surface area contributed by atoms with Gasteiger partial charge in [0.2, 0.25) is 0 Å². The molecule has 1 aliphatic rings. The van der Waals surface area contributed by atoms with Gasteiger partial charge in [-0.05, 0) is 6.08 Å². The zero-order valence-corrected chi connectivity index (χ0v) is 5.45. The molecule has 1 aliphatic heterocycles. The van der Waals surface area contributed by atoms with E-state index in [4.69, 9.17) is 0 Å². The van der Waals surface area contributed by atoms with Gasteiger partial charge in [-0.25, -0.2) is 4.40 Å². The van der Waals surface area contributed by atoms with Crippen molar-refractivity contribution in [1.29, 1.82) is 0 Å². The van der Waals surface area contributed by atoms with Crippen LogP contribution >= 0.6 is 0 Å². The number of allylic oxidation sites excluding steroid dienone is 1. The zero-order valence-electron chi connectivity index (χ0n) is 3.81. The Morgan fingerprint density at radius 3 is 2.50 bits per heavy atom. The lowest BCUT2D eigenvalue weighted by molar-refractivity contribution is 0.628. The fraction of sp³-hybridized carbons (Fsp3) is 0. The predicted octanol–water partition coefficient (Wildman–Crippen LogP) is -0.0881. The van der Waals surface area contributed by atoms with Crippen molar-refractivity contribution in [1.82, 2.24) is 0 Å². The summed E-state index contributed by atoms with van der Waals surface area (Å²) < 4.78 is 23.7. The number of hydrogen-bond donors (Lipinski definition) is 0. The molecule has 0 aromatic heterocycles. The van der Waals surface area contributed by atoms with Crippen molar-refractivity contribution in [3.05, 3.63) is 11.5 Å². The van der Waals surface area contributed by atoms with Crippen molar-refractivity contribution in [2.45, 2.75) is 0 Å². The van der Waals surface area contributed by atoms with Gasteiger partial charge < -0.3 is 0 Å². The Bertz CT molecular complexity index is 250. The van der Waals surface area contributed by atoms with Crippen molar-refractivity contribution in [3.8, 4) is 0 Å². The molecule has 0 saturated carbocycles. The van der Waals surface area contributed by atoms with Gasteiger partial charge in [0.1, 0.15) is 0 Å². The summed E-state index contributed by atoms with van der Waals surface area (Å²) >= 11 is 0. The quantitative estimate of drug-likeness (QED) is 0.483. The third-order valence-corrected chi connectivity index (χ3v) is 3.01. The fourth-order valence-corrected chi connectivity index (χ4v) is 1.76. The Kier molecular flexibility index (Phi) is 1.59. The first-order valence-corrected chi connectivity index (χ1v) is 4.68. The molecule has 1 heterocycles. The molecule has 0 saturated heterocycles. The molecule has 1 atom stereocenters. The van der Waals surface area contributed by atoms with E-state index in [1.54, 1.807) is 11.5 Å². The molecule has 5 heteroatoms. The third-order valence-electron chi connectivity index (χ3n) is 0.585. The van der Waals surface area contributed by atoms with Gasteiger partial charge >= 0.3 is 0 Å². The van der Waals surface area contributed by atoms with Crippen molar-refractivity contribution >= 4 is 25.1 Å². The highest BCUT2D eigenvalue weighted by Crippen LogP contribution is 1.93. The van der Waals surface area contributed by atoms with E-state index in [-0.39, 0.29) is 0 Å². The van der Waals surface area contributed by atoms with Gasteiger partial charge in [0.25, 0.3) is 9.26 Å². The molecule has 44 valence electrons. The zero-order chi connectivity index (χ0) is 5.98. The van der Waals surface area contributed by atoms with Crippen LogP contribution in [0.4, 0.5) is 0 Å². The van der Waals surface area contributed by atoms with E-state index in [9.17, 15) is 8.42 Å². The van der Waals surface area contributed by atoms with Crippen LogP contribution in [-0.2, 0) is 18.9 Å². The molecule has 0 amide bonds. The lowest BCUT2D eigenvalue weighted by atomic mass is 10.7. The molecule has 0 radical (unpaired) electrons. The van der Waals surface area contributed by atoms with Crippen LogP contribution in [0.5, 0.6) is 0 Å². The minimum atomic E-state index is -2.05. The number of rotatable bonds is 0. The molecular weight excluding hydrogens is 146 g/mol. The molecule has 0 N–H and O–H groups in total. The predicted molar refractivity (Wildman–Crippen MR) is 33.9 cm³/mol. The first kappa shape index (κ1) is 5.71. The fourth-order valence-electron chi connectivity index (χ4n) is 0.313. The molecule has 3 nitrogen and oxygen atoms in total. The number of hydrogen-bond acceptors (Lipinski definition) is 2. The van der Waals surface area contributed by atoms with Crippen LogP contribution in [0, 0.1) is 0 Å². The maximum Gasteiger partial charge on any atom is 0.265 e. The van der Waals surface area contributed by atoms with Gasteiger partial charge in [0.05, 0.1) is 9.64 Å². The van der Waals surface area contributed by atoms with Crippen molar-refractivity contribution in [2.75, 3.05) is 0 Å². The molecule has 0 aliphatic carbocycles. The molecule has 0 bridgehead atoms. The van der Waals surface area contributed by atoms with E-state index in [1.807, 2.05) is 0 Å². The van der Waals surface area contributed by atoms with Crippen molar-refractivity contribution in [2.24, 2.45) is 4.40 Å². The summed E-state index contributed by atoms with van der Waals surface area (Å²) in [4.78, 5) is 0. The van der Waals surface area contributed by atoms with Crippen LogP contribution in [-0.4, -0.2) is 14.6 Å². The van der Waals surface area contributed by atoms with E-state index >= 15 is 0 Å². The van der Waals surface area contributed by atoms with Gasteiger partial charge in [-0.2, -0.15) is 8.42 Å². The second-order valence-electron chi connectivity index (χ2n) is 1.06. The lowest BCUT2D eigenvalue weighted by Crippen LogP contribution is -1.71. The highest BCUT2D eigenvalue weighted by Gasteiger charge is 1.90. The normalized spacial score (nSPS) is 24.2. The van der Waals surface area contributed by atoms with Crippen LogP contribution in [0.25, 0.3) is 0 Å². The summed E-state index contributed by atoms with van der Waals surface area (Å²) in [6.07, 6.45) is 3.11. The maximum atomic E-state index is 10.0. The lowest BCUT2D eigenvalue weighted by Gasteiger charge is -1.71. The Labute approximate surface area is 50.0 Å². The van der Waals surface area contributed by atoms with E-state index in [1.165, 1.54) is 6.21 Å².